The van der Waals surface area contributed by atoms with Crippen molar-refractivity contribution in [2.75, 3.05) is 5.32 Å². The Bertz CT molecular complexity index is 1240. The second kappa shape index (κ2) is 6.08. The lowest BCUT2D eigenvalue weighted by Crippen LogP contribution is -2.29. The van der Waals surface area contributed by atoms with Gasteiger partial charge in [0, 0.05) is 24.2 Å². The molecule has 0 saturated heterocycles. The predicted octanol–water partition coefficient (Wildman–Crippen LogP) is 2.35. The smallest absolute Gasteiger partial charge is 0.314 e. The highest BCUT2D eigenvalue weighted by Gasteiger charge is 2.14. The number of hydrogen-bond donors (Lipinski definition) is 3. The fourth-order valence-electron chi connectivity index (χ4n) is 2.64. The van der Waals surface area contributed by atoms with Crippen molar-refractivity contribution >= 4 is 43.4 Å². The summed E-state index contributed by atoms with van der Waals surface area (Å²) >= 11 is 1.45. The highest BCUT2D eigenvalue weighted by atomic mass is 32.1. The van der Waals surface area contributed by atoms with Gasteiger partial charge < -0.3 is 15.3 Å². The molecule has 26 heavy (non-hydrogen) atoms. The summed E-state index contributed by atoms with van der Waals surface area (Å²) in [6, 6.07) is 10.2. The number of nitro groups is 1. The Morgan fingerprint density at radius 1 is 1.15 bits per heavy atom. The molecule has 0 fully saturated rings. The molecule has 2 heterocycles. The number of anilines is 1. The summed E-state index contributed by atoms with van der Waals surface area (Å²) in [5.74, 6) is 0. The van der Waals surface area contributed by atoms with E-state index >= 15 is 0 Å². The highest BCUT2D eigenvalue weighted by Crippen LogP contribution is 2.27. The zero-order chi connectivity index (χ0) is 18.3. The number of rotatable bonds is 4. The van der Waals surface area contributed by atoms with E-state index in [0.29, 0.717) is 16.2 Å². The van der Waals surface area contributed by atoms with Gasteiger partial charge in [-0.25, -0.2) is 4.98 Å². The van der Waals surface area contributed by atoms with Crippen molar-refractivity contribution < 1.29 is 4.92 Å². The van der Waals surface area contributed by atoms with Crippen LogP contribution in [0.1, 0.15) is 5.56 Å². The number of fused-ring (bicyclic) bond motifs is 2. The molecule has 0 bridgehead atoms. The zero-order valence-electron chi connectivity index (χ0n) is 13.1. The van der Waals surface area contributed by atoms with E-state index in [0.717, 1.165) is 10.2 Å². The molecule has 10 heteroatoms. The van der Waals surface area contributed by atoms with Gasteiger partial charge in [0.15, 0.2) is 5.13 Å². The molecule has 0 unspecified atom stereocenters. The number of nitro benzene ring substituents is 1. The van der Waals surface area contributed by atoms with Gasteiger partial charge in [-0.1, -0.05) is 23.5 Å². The fourth-order valence-corrected chi connectivity index (χ4v) is 3.51. The number of nitrogens with one attached hydrogen (secondary N) is 3. The molecule has 0 radical (unpaired) electrons. The topological polar surface area (TPSA) is 134 Å². The largest absolute Gasteiger partial charge is 0.357 e. The van der Waals surface area contributed by atoms with Gasteiger partial charge in [0.1, 0.15) is 0 Å². The van der Waals surface area contributed by atoms with Crippen LogP contribution in [0, 0.1) is 10.1 Å². The van der Waals surface area contributed by atoms with Gasteiger partial charge in [0.25, 0.3) is 5.69 Å². The lowest BCUT2D eigenvalue weighted by molar-refractivity contribution is -0.384. The lowest BCUT2D eigenvalue weighted by atomic mass is 10.1. The van der Waals surface area contributed by atoms with Crippen LogP contribution in [-0.2, 0) is 6.54 Å². The number of hydrogen-bond acceptors (Lipinski definition) is 7. The third kappa shape index (κ3) is 2.82. The average Bonchev–Trinajstić information content (AvgIpc) is 3.03. The summed E-state index contributed by atoms with van der Waals surface area (Å²) in [5.41, 5.74) is 0.0131. The van der Waals surface area contributed by atoms with Crippen molar-refractivity contribution in [3.63, 3.8) is 0 Å². The van der Waals surface area contributed by atoms with Crippen LogP contribution >= 0.6 is 11.3 Å². The van der Waals surface area contributed by atoms with E-state index in [-0.39, 0.29) is 17.7 Å². The summed E-state index contributed by atoms with van der Waals surface area (Å²) in [6.07, 6.45) is 0. The number of H-pyrrole nitrogens is 2. The number of non-ortho nitro benzene ring substituents is 1. The molecule has 130 valence electrons. The summed E-state index contributed by atoms with van der Waals surface area (Å²) in [7, 11) is 0. The fraction of sp³-hybridized carbons (Fsp3) is 0.0625. The average molecular weight is 369 g/mol. The molecule has 0 aliphatic heterocycles. The Kier molecular flexibility index (Phi) is 3.73. The van der Waals surface area contributed by atoms with Crippen molar-refractivity contribution in [1.29, 1.82) is 0 Å². The standard InChI is InChI=1S/C16H11N5O4S/c22-14-15(23)20-13-8(5-9(21(24)25)6-11(13)18-14)7-17-16-19-10-3-1-2-4-12(10)26-16/h1-6H,7H2,(H,17,19)(H,18,22)(H,20,23). The molecule has 4 aromatic rings. The number of thiazole rings is 1. The van der Waals surface area contributed by atoms with E-state index in [1.807, 2.05) is 24.3 Å². The van der Waals surface area contributed by atoms with E-state index in [9.17, 15) is 19.7 Å². The lowest BCUT2D eigenvalue weighted by Gasteiger charge is -2.07. The van der Waals surface area contributed by atoms with Gasteiger partial charge in [-0.15, -0.1) is 0 Å². The van der Waals surface area contributed by atoms with Gasteiger partial charge in [0.2, 0.25) is 0 Å². The minimum atomic E-state index is -0.858. The first-order valence-corrected chi connectivity index (χ1v) is 8.36. The van der Waals surface area contributed by atoms with E-state index in [2.05, 4.69) is 20.3 Å². The maximum Gasteiger partial charge on any atom is 0.314 e. The predicted molar refractivity (Wildman–Crippen MR) is 98.8 cm³/mol. The van der Waals surface area contributed by atoms with Gasteiger partial charge in [-0.2, -0.15) is 0 Å². The minimum absolute atomic E-state index is 0.179. The SMILES string of the molecule is O=c1[nH]c2cc([N+](=O)[O-])cc(CNc3nc4ccccc4s3)c2[nH]c1=O. The molecular formula is C16H11N5O4S. The molecular weight excluding hydrogens is 358 g/mol. The van der Waals surface area contributed by atoms with Crippen LogP contribution in [-0.4, -0.2) is 19.9 Å². The Morgan fingerprint density at radius 2 is 1.92 bits per heavy atom. The van der Waals surface area contributed by atoms with Crippen molar-refractivity contribution in [3.05, 3.63) is 72.8 Å². The second-order valence-electron chi connectivity index (χ2n) is 5.53. The van der Waals surface area contributed by atoms with Crippen LogP contribution in [0.2, 0.25) is 0 Å². The van der Waals surface area contributed by atoms with Crippen LogP contribution in [0.5, 0.6) is 0 Å². The molecule has 0 spiro atoms. The molecule has 2 aromatic carbocycles. The van der Waals surface area contributed by atoms with Crippen LogP contribution < -0.4 is 16.4 Å². The van der Waals surface area contributed by atoms with E-state index < -0.39 is 16.0 Å². The zero-order valence-corrected chi connectivity index (χ0v) is 13.9. The first-order chi connectivity index (χ1) is 12.5. The molecule has 0 saturated carbocycles. The Labute approximate surface area is 148 Å². The monoisotopic (exact) mass is 369 g/mol. The third-order valence-corrected chi connectivity index (χ3v) is 4.83. The van der Waals surface area contributed by atoms with Crippen LogP contribution in [0.4, 0.5) is 10.8 Å². The first-order valence-electron chi connectivity index (χ1n) is 7.54. The van der Waals surface area contributed by atoms with Crippen LogP contribution in [0.3, 0.4) is 0 Å². The number of aromatic nitrogens is 3. The number of benzene rings is 2. The molecule has 3 N–H and O–H groups in total. The summed E-state index contributed by atoms with van der Waals surface area (Å²) in [5, 5.41) is 14.9. The molecule has 4 rings (SSSR count). The first kappa shape index (κ1) is 16.0. The van der Waals surface area contributed by atoms with Crippen molar-refractivity contribution in [1.82, 2.24) is 15.0 Å². The maximum atomic E-state index is 11.6. The number of nitrogens with zero attached hydrogens (tertiary/aromatic N) is 2. The van der Waals surface area contributed by atoms with Crippen molar-refractivity contribution in [3.8, 4) is 0 Å². The maximum absolute atomic E-state index is 11.6. The van der Waals surface area contributed by atoms with Gasteiger partial charge in [-0.3, -0.25) is 19.7 Å². The van der Waals surface area contributed by atoms with E-state index in [1.165, 1.54) is 23.5 Å². The molecule has 2 aromatic heterocycles. The number of para-hydroxylation sites is 1. The van der Waals surface area contributed by atoms with Crippen LogP contribution in [0.25, 0.3) is 21.3 Å². The summed E-state index contributed by atoms with van der Waals surface area (Å²) in [6.45, 7) is 0.194. The van der Waals surface area contributed by atoms with E-state index in [4.69, 9.17) is 0 Å². The summed E-state index contributed by atoms with van der Waals surface area (Å²) < 4.78 is 1.01. The van der Waals surface area contributed by atoms with E-state index in [1.54, 1.807) is 0 Å². The molecule has 0 aliphatic carbocycles. The normalized spacial score (nSPS) is 11.1. The van der Waals surface area contributed by atoms with Gasteiger partial charge in [0.05, 0.1) is 26.2 Å². The quantitative estimate of drug-likeness (QED) is 0.287. The third-order valence-electron chi connectivity index (χ3n) is 3.83. The molecule has 0 atom stereocenters. The van der Waals surface area contributed by atoms with Crippen LogP contribution in [0.15, 0.2) is 46.0 Å². The number of aromatic amines is 2. The minimum Gasteiger partial charge on any atom is -0.357 e. The second-order valence-corrected chi connectivity index (χ2v) is 6.56. The highest BCUT2D eigenvalue weighted by molar-refractivity contribution is 7.22. The van der Waals surface area contributed by atoms with Crippen molar-refractivity contribution in [2.24, 2.45) is 0 Å². The molecule has 0 amide bonds. The Balaban J connectivity index is 1.76. The summed E-state index contributed by atoms with van der Waals surface area (Å²) in [4.78, 5) is 43.0. The van der Waals surface area contributed by atoms with Crippen molar-refractivity contribution in [2.45, 2.75) is 6.54 Å². The van der Waals surface area contributed by atoms with Gasteiger partial charge in [-0.05, 0) is 12.1 Å². The molecule has 0 aliphatic rings. The Morgan fingerprint density at radius 3 is 2.69 bits per heavy atom. The molecule has 9 nitrogen and oxygen atoms in total. The Hall–Kier alpha value is -3.53. The van der Waals surface area contributed by atoms with Gasteiger partial charge >= 0.3 is 11.1 Å².